The number of halogens is 2. The van der Waals surface area contributed by atoms with E-state index in [1.165, 1.54) is 10.4 Å². The normalized spacial score (nSPS) is 18.4. The van der Waals surface area contributed by atoms with E-state index in [0.29, 0.717) is 32.7 Å². The first kappa shape index (κ1) is 15.7. The van der Waals surface area contributed by atoms with Gasteiger partial charge in [0.05, 0.1) is 16.5 Å². The average Bonchev–Trinajstić information content (AvgIpc) is 2.43. The third-order valence-corrected chi connectivity index (χ3v) is 5.46. The van der Waals surface area contributed by atoms with Crippen LogP contribution < -0.4 is 0 Å². The topological polar surface area (TPSA) is 60.9 Å². The maximum absolute atomic E-state index is 13.1. The fourth-order valence-corrected chi connectivity index (χ4v) is 3.82. The van der Waals surface area contributed by atoms with Gasteiger partial charge in [0.25, 0.3) is 0 Å². The van der Waals surface area contributed by atoms with Crippen LogP contribution in [0.25, 0.3) is 0 Å². The zero-order valence-electron chi connectivity index (χ0n) is 10.8. The SMILES string of the molecule is O=S(=O)(c1ccc(F)c(Cl)c1)N1CCN(CCO)CC1. The standard InChI is InChI=1S/C12H16ClFN2O3S/c13-11-9-10(1-2-12(11)14)20(18,19)16-5-3-15(4-6-16)7-8-17/h1-2,9,17H,3-8H2. The van der Waals surface area contributed by atoms with Crippen molar-refractivity contribution in [2.75, 3.05) is 39.3 Å². The third-order valence-electron chi connectivity index (χ3n) is 3.28. The van der Waals surface area contributed by atoms with Crippen LogP contribution in [0.3, 0.4) is 0 Å². The van der Waals surface area contributed by atoms with Gasteiger partial charge < -0.3 is 5.11 Å². The first-order valence-electron chi connectivity index (χ1n) is 6.23. The summed E-state index contributed by atoms with van der Waals surface area (Å²) in [5.74, 6) is -0.640. The van der Waals surface area contributed by atoms with E-state index >= 15 is 0 Å². The van der Waals surface area contributed by atoms with E-state index in [1.54, 1.807) is 0 Å². The van der Waals surface area contributed by atoms with Gasteiger partial charge in [0.15, 0.2) is 0 Å². The summed E-state index contributed by atoms with van der Waals surface area (Å²) in [6, 6.07) is 3.40. The molecule has 0 saturated carbocycles. The molecule has 0 spiro atoms. The fraction of sp³-hybridized carbons (Fsp3) is 0.500. The number of aliphatic hydroxyl groups is 1. The van der Waals surface area contributed by atoms with Crippen molar-refractivity contribution in [2.24, 2.45) is 0 Å². The van der Waals surface area contributed by atoms with E-state index in [9.17, 15) is 12.8 Å². The number of hydrogen-bond donors (Lipinski definition) is 1. The molecule has 1 aromatic rings. The highest BCUT2D eigenvalue weighted by Crippen LogP contribution is 2.23. The van der Waals surface area contributed by atoms with Gasteiger partial charge in [-0.05, 0) is 18.2 Å². The Hall–Kier alpha value is -0.730. The van der Waals surface area contributed by atoms with Gasteiger partial charge in [-0.2, -0.15) is 4.31 Å². The largest absolute Gasteiger partial charge is 0.395 e. The van der Waals surface area contributed by atoms with Crippen molar-refractivity contribution >= 4 is 21.6 Å². The lowest BCUT2D eigenvalue weighted by Gasteiger charge is -2.33. The molecule has 0 aliphatic carbocycles. The molecule has 8 heteroatoms. The van der Waals surface area contributed by atoms with Crippen molar-refractivity contribution in [3.8, 4) is 0 Å². The maximum atomic E-state index is 13.1. The van der Waals surface area contributed by atoms with Crippen molar-refractivity contribution in [2.45, 2.75) is 4.90 Å². The molecule has 0 radical (unpaired) electrons. The van der Waals surface area contributed by atoms with E-state index < -0.39 is 15.8 Å². The molecule has 1 aliphatic heterocycles. The molecular weight excluding hydrogens is 307 g/mol. The molecule has 0 amide bonds. The van der Waals surface area contributed by atoms with Crippen LogP contribution in [0, 0.1) is 5.82 Å². The number of piperazine rings is 1. The number of β-amino-alcohol motifs (C(OH)–C–C–N with tert-alkyl or cyclic N) is 1. The van der Waals surface area contributed by atoms with Gasteiger partial charge in [0.2, 0.25) is 10.0 Å². The summed E-state index contributed by atoms with van der Waals surface area (Å²) in [5, 5.41) is 8.65. The Balaban J connectivity index is 2.13. The molecule has 112 valence electrons. The van der Waals surface area contributed by atoms with E-state index in [4.69, 9.17) is 16.7 Å². The van der Waals surface area contributed by atoms with Crippen molar-refractivity contribution in [3.05, 3.63) is 29.0 Å². The predicted octanol–water partition coefficient (Wildman–Crippen LogP) is 0.778. The number of sulfonamides is 1. The van der Waals surface area contributed by atoms with E-state index in [0.717, 1.165) is 12.1 Å². The number of aliphatic hydroxyl groups excluding tert-OH is 1. The van der Waals surface area contributed by atoms with Crippen LogP contribution >= 0.6 is 11.6 Å². The molecule has 0 bridgehead atoms. The highest BCUT2D eigenvalue weighted by Gasteiger charge is 2.28. The van der Waals surface area contributed by atoms with Gasteiger partial charge in [-0.1, -0.05) is 11.6 Å². The van der Waals surface area contributed by atoms with Crippen LogP contribution in [-0.2, 0) is 10.0 Å². The molecule has 1 fully saturated rings. The summed E-state index contributed by atoms with van der Waals surface area (Å²) in [6.45, 7) is 2.41. The summed E-state index contributed by atoms with van der Waals surface area (Å²) in [7, 11) is -3.65. The summed E-state index contributed by atoms with van der Waals surface area (Å²) in [6.07, 6.45) is 0. The molecule has 1 aliphatic rings. The minimum atomic E-state index is -3.65. The van der Waals surface area contributed by atoms with Gasteiger partial charge in [0, 0.05) is 32.7 Å². The summed E-state index contributed by atoms with van der Waals surface area (Å²) >= 11 is 5.63. The highest BCUT2D eigenvalue weighted by atomic mass is 35.5. The van der Waals surface area contributed by atoms with Crippen LogP contribution in [-0.4, -0.2) is 62.1 Å². The molecule has 1 saturated heterocycles. The minimum Gasteiger partial charge on any atom is -0.395 e. The molecule has 0 unspecified atom stereocenters. The summed E-state index contributed by atoms with van der Waals surface area (Å²) in [5.41, 5.74) is 0. The highest BCUT2D eigenvalue weighted by molar-refractivity contribution is 7.89. The molecule has 0 atom stereocenters. The smallest absolute Gasteiger partial charge is 0.243 e. The molecule has 1 heterocycles. The van der Waals surface area contributed by atoms with Crippen molar-refractivity contribution < 1.29 is 17.9 Å². The van der Waals surface area contributed by atoms with Crippen LogP contribution in [0.1, 0.15) is 0 Å². The number of nitrogens with zero attached hydrogens (tertiary/aromatic N) is 2. The van der Waals surface area contributed by atoms with Crippen LogP contribution in [0.15, 0.2) is 23.1 Å². The first-order valence-corrected chi connectivity index (χ1v) is 8.05. The second-order valence-electron chi connectivity index (χ2n) is 4.55. The summed E-state index contributed by atoms with van der Waals surface area (Å²) in [4.78, 5) is 1.99. The van der Waals surface area contributed by atoms with Gasteiger partial charge >= 0.3 is 0 Å². The molecule has 20 heavy (non-hydrogen) atoms. The third kappa shape index (κ3) is 3.29. The zero-order valence-corrected chi connectivity index (χ0v) is 12.4. The number of rotatable bonds is 4. The Kier molecular flexibility index (Phi) is 4.98. The lowest BCUT2D eigenvalue weighted by molar-refractivity contribution is 0.151. The number of hydrogen-bond acceptors (Lipinski definition) is 4. The summed E-state index contributed by atoms with van der Waals surface area (Å²) < 4.78 is 39.2. The molecule has 5 nitrogen and oxygen atoms in total. The lowest BCUT2D eigenvalue weighted by Crippen LogP contribution is -2.49. The maximum Gasteiger partial charge on any atom is 0.243 e. The minimum absolute atomic E-state index is 0.000455. The van der Waals surface area contributed by atoms with E-state index in [1.807, 2.05) is 4.90 Å². The monoisotopic (exact) mass is 322 g/mol. The van der Waals surface area contributed by atoms with Gasteiger partial charge in [0.1, 0.15) is 5.82 Å². The van der Waals surface area contributed by atoms with Crippen LogP contribution in [0.2, 0.25) is 5.02 Å². The Morgan fingerprint density at radius 2 is 1.90 bits per heavy atom. The Morgan fingerprint density at radius 1 is 1.25 bits per heavy atom. The molecular formula is C12H16ClFN2O3S. The fourth-order valence-electron chi connectivity index (χ4n) is 2.12. The van der Waals surface area contributed by atoms with Gasteiger partial charge in [-0.3, -0.25) is 4.90 Å². The number of benzene rings is 1. The second-order valence-corrected chi connectivity index (χ2v) is 6.89. The molecule has 0 aromatic heterocycles. The van der Waals surface area contributed by atoms with Crippen LogP contribution in [0.5, 0.6) is 0 Å². The predicted molar refractivity (Wildman–Crippen MR) is 73.7 cm³/mol. The molecule has 1 N–H and O–H groups in total. The quantitative estimate of drug-likeness (QED) is 0.890. The van der Waals surface area contributed by atoms with Gasteiger partial charge in [-0.15, -0.1) is 0 Å². The lowest BCUT2D eigenvalue weighted by atomic mass is 10.3. The van der Waals surface area contributed by atoms with Gasteiger partial charge in [-0.25, -0.2) is 12.8 Å². The van der Waals surface area contributed by atoms with Crippen molar-refractivity contribution in [1.29, 1.82) is 0 Å². The van der Waals surface area contributed by atoms with Crippen molar-refractivity contribution in [3.63, 3.8) is 0 Å². The van der Waals surface area contributed by atoms with Crippen molar-refractivity contribution in [1.82, 2.24) is 9.21 Å². The Bertz CT molecular complexity index is 574. The average molecular weight is 323 g/mol. The zero-order chi connectivity index (χ0) is 14.8. The van der Waals surface area contributed by atoms with Crippen LogP contribution in [0.4, 0.5) is 4.39 Å². The molecule has 2 rings (SSSR count). The Labute approximate surface area is 122 Å². The second kappa shape index (κ2) is 6.36. The van der Waals surface area contributed by atoms with E-state index in [2.05, 4.69) is 0 Å². The Morgan fingerprint density at radius 3 is 2.45 bits per heavy atom. The molecule has 1 aromatic carbocycles. The first-order chi connectivity index (χ1) is 9.45. The van der Waals surface area contributed by atoms with E-state index in [-0.39, 0.29) is 16.5 Å².